The molecule has 7 nitrogen and oxygen atoms in total. The Morgan fingerprint density at radius 2 is 1.93 bits per heavy atom. The van der Waals surface area contributed by atoms with E-state index < -0.39 is 0 Å². The molecule has 0 radical (unpaired) electrons. The maximum absolute atomic E-state index is 12.0. The van der Waals surface area contributed by atoms with E-state index in [1.165, 1.54) is 0 Å². The van der Waals surface area contributed by atoms with Crippen LogP contribution in [0.25, 0.3) is 0 Å². The molecule has 0 spiro atoms. The monoisotopic (exact) mass is 518 g/mol. The summed E-state index contributed by atoms with van der Waals surface area (Å²) < 4.78 is 11.1. The van der Waals surface area contributed by atoms with Crippen LogP contribution in [-0.4, -0.2) is 57.9 Å². The number of ether oxygens (including phenoxy) is 2. The molecule has 1 aromatic carbocycles. The third-order valence-corrected chi connectivity index (χ3v) is 4.51. The molecule has 1 amide bonds. The minimum atomic E-state index is -0.0964. The van der Waals surface area contributed by atoms with Crippen molar-refractivity contribution < 1.29 is 14.3 Å². The number of aliphatic imine (C=N–C) groups is 1. The Hall–Kier alpha value is -1.39. The van der Waals surface area contributed by atoms with Gasteiger partial charge in [-0.3, -0.25) is 4.79 Å². The second kappa shape index (κ2) is 16.4. The van der Waals surface area contributed by atoms with Gasteiger partial charge in [-0.2, -0.15) is 0 Å². The van der Waals surface area contributed by atoms with Crippen LogP contribution in [0.1, 0.15) is 31.7 Å². The van der Waals surface area contributed by atoms with Gasteiger partial charge in [-0.25, -0.2) is 4.99 Å². The van der Waals surface area contributed by atoms with Crippen LogP contribution in [0.15, 0.2) is 35.3 Å². The Morgan fingerprint density at radius 3 is 2.66 bits per heavy atom. The number of carbonyl (C=O) groups is 1. The standard InChI is InChI=1S/C21H34N4O3.HI/c1-2-22-21(23-11-6-12-28-17-19-9-13-27-14-10-19)25-16-20(26)24-15-18-7-4-3-5-8-18;/h3-5,7-8,19H,2,6,9-17H2,1H3,(H,24,26)(H2,22,23,25);1H. The number of benzene rings is 1. The lowest BCUT2D eigenvalue weighted by molar-refractivity contribution is -0.119. The highest BCUT2D eigenvalue weighted by atomic mass is 127. The third-order valence-electron chi connectivity index (χ3n) is 4.51. The average molecular weight is 518 g/mol. The number of hydrogen-bond acceptors (Lipinski definition) is 4. The molecule has 1 aliphatic rings. The van der Waals surface area contributed by atoms with Gasteiger partial charge in [0.1, 0.15) is 6.54 Å². The molecule has 0 bridgehead atoms. The minimum absolute atomic E-state index is 0. The van der Waals surface area contributed by atoms with Gasteiger partial charge in [0.05, 0.1) is 0 Å². The van der Waals surface area contributed by atoms with Crippen molar-refractivity contribution in [2.45, 2.75) is 32.7 Å². The quantitative estimate of drug-likeness (QED) is 0.181. The molecule has 0 aromatic heterocycles. The SMILES string of the molecule is CCNC(=NCC(=O)NCc1ccccc1)NCCCOCC1CCOCC1.I. The van der Waals surface area contributed by atoms with Gasteiger partial charge in [0, 0.05) is 46.1 Å². The van der Waals surface area contributed by atoms with E-state index >= 15 is 0 Å². The second-order valence-electron chi connectivity index (χ2n) is 6.87. The minimum Gasteiger partial charge on any atom is -0.381 e. The summed E-state index contributed by atoms with van der Waals surface area (Å²) in [6.45, 7) is 7.38. The summed E-state index contributed by atoms with van der Waals surface area (Å²) in [5.41, 5.74) is 1.07. The number of nitrogens with one attached hydrogen (secondary N) is 3. The molecular formula is C21H35IN4O3. The van der Waals surface area contributed by atoms with Crippen molar-refractivity contribution in [3.8, 4) is 0 Å². The van der Waals surface area contributed by atoms with Gasteiger partial charge in [-0.1, -0.05) is 30.3 Å². The van der Waals surface area contributed by atoms with Crippen molar-refractivity contribution in [1.82, 2.24) is 16.0 Å². The largest absolute Gasteiger partial charge is 0.381 e. The van der Waals surface area contributed by atoms with Crippen molar-refractivity contribution in [3.63, 3.8) is 0 Å². The number of amides is 1. The molecule has 1 aliphatic heterocycles. The highest BCUT2D eigenvalue weighted by Gasteiger charge is 2.13. The molecule has 8 heteroatoms. The Kier molecular flexibility index (Phi) is 14.5. The Morgan fingerprint density at radius 1 is 1.17 bits per heavy atom. The normalized spacial score (nSPS) is 14.7. The number of rotatable bonds is 11. The summed E-state index contributed by atoms with van der Waals surface area (Å²) >= 11 is 0. The molecule has 29 heavy (non-hydrogen) atoms. The van der Waals surface area contributed by atoms with Crippen LogP contribution in [-0.2, 0) is 20.8 Å². The Balaban J connectivity index is 0.00000420. The van der Waals surface area contributed by atoms with E-state index in [1.54, 1.807) is 0 Å². The van der Waals surface area contributed by atoms with Crippen LogP contribution in [0.3, 0.4) is 0 Å². The Bertz CT molecular complexity index is 581. The number of guanidine groups is 1. The lowest BCUT2D eigenvalue weighted by Gasteiger charge is -2.21. The molecule has 1 heterocycles. The van der Waals surface area contributed by atoms with E-state index in [0.717, 1.165) is 64.3 Å². The fourth-order valence-corrected chi connectivity index (χ4v) is 2.89. The number of nitrogens with zero attached hydrogens (tertiary/aromatic N) is 1. The van der Waals surface area contributed by atoms with Crippen LogP contribution in [0.2, 0.25) is 0 Å². The van der Waals surface area contributed by atoms with Gasteiger partial charge >= 0.3 is 0 Å². The van der Waals surface area contributed by atoms with E-state index in [2.05, 4.69) is 20.9 Å². The first-order chi connectivity index (χ1) is 13.8. The maximum atomic E-state index is 12.0. The summed E-state index contributed by atoms with van der Waals surface area (Å²) in [5.74, 6) is 1.19. The van der Waals surface area contributed by atoms with E-state index in [-0.39, 0.29) is 36.4 Å². The first kappa shape index (κ1) is 25.6. The van der Waals surface area contributed by atoms with Crippen molar-refractivity contribution >= 4 is 35.8 Å². The predicted molar refractivity (Wildman–Crippen MR) is 127 cm³/mol. The molecule has 1 aromatic rings. The fraction of sp³-hybridized carbons (Fsp3) is 0.619. The molecule has 164 valence electrons. The summed E-state index contributed by atoms with van der Waals surface area (Å²) in [5, 5.41) is 9.29. The van der Waals surface area contributed by atoms with Crippen molar-refractivity contribution in [2.75, 3.05) is 46.1 Å². The van der Waals surface area contributed by atoms with E-state index in [9.17, 15) is 4.79 Å². The third kappa shape index (κ3) is 12.0. The van der Waals surface area contributed by atoms with Gasteiger partial charge in [-0.15, -0.1) is 24.0 Å². The van der Waals surface area contributed by atoms with Gasteiger partial charge in [0.25, 0.3) is 0 Å². The van der Waals surface area contributed by atoms with Crippen molar-refractivity contribution in [1.29, 1.82) is 0 Å². The highest BCUT2D eigenvalue weighted by molar-refractivity contribution is 14.0. The molecule has 1 fully saturated rings. The maximum Gasteiger partial charge on any atom is 0.242 e. The number of carbonyl (C=O) groups excluding carboxylic acids is 1. The van der Waals surface area contributed by atoms with Crippen molar-refractivity contribution in [2.24, 2.45) is 10.9 Å². The van der Waals surface area contributed by atoms with Gasteiger partial charge in [-0.05, 0) is 37.7 Å². The molecule has 0 unspecified atom stereocenters. The first-order valence-electron chi connectivity index (χ1n) is 10.3. The zero-order valence-electron chi connectivity index (χ0n) is 17.3. The second-order valence-corrected chi connectivity index (χ2v) is 6.87. The van der Waals surface area contributed by atoms with Crippen molar-refractivity contribution in [3.05, 3.63) is 35.9 Å². The smallest absolute Gasteiger partial charge is 0.242 e. The summed E-state index contributed by atoms with van der Waals surface area (Å²) in [4.78, 5) is 16.3. The molecule has 2 rings (SSSR count). The van der Waals surface area contributed by atoms with E-state index in [1.807, 2.05) is 37.3 Å². The van der Waals surface area contributed by atoms with Gasteiger partial charge in [0.2, 0.25) is 5.91 Å². The van der Waals surface area contributed by atoms with E-state index in [0.29, 0.717) is 18.4 Å². The zero-order chi connectivity index (χ0) is 19.9. The first-order valence-corrected chi connectivity index (χ1v) is 10.3. The molecule has 1 saturated heterocycles. The molecule has 0 aliphatic carbocycles. The van der Waals surface area contributed by atoms with Crippen LogP contribution in [0, 0.1) is 5.92 Å². The summed E-state index contributed by atoms with van der Waals surface area (Å²) in [7, 11) is 0. The molecule has 0 atom stereocenters. The van der Waals surface area contributed by atoms with Crippen LogP contribution >= 0.6 is 24.0 Å². The lowest BCUT2D eigenvalue weighted by atomic mass is 10.0. The molecular weight excluding hydrogens is 483 g/mol. The molecule has 3 N–H and O–H groups in total. The predicted octanol–water partition coefficient (Wildman–Crippen LogP) is 2.31. The van der Waals surface area contributed by atoms with Gasteiger partial charge in [0.15, 0.2) is 5.96 Å². The van der Waals surface area contributed by atoms with Crippen LogP contribution in [0.4, 0.5) is 0 Å². The van der Waals surface area contributed by atoms with Crippen LogP contribution in [0.5, 0.6) is 0 Å². The number of hydrogen-bond donors (Lipinski definition) is 3. The average Bonchev–Trinajstić information content (AvgIpc) is 2.74. The topological polar surface area (TPSA) is 84.0 Å². The lowest BCUT2D eigenvalue weighted by Crippen LogP contribution is -2.39. The van der Waals surface area contributed by atoms with Crippen LogP contribution < -0.4 is 16.0 Å². The van der Waals surface area contributed by atoms with Gasteiger partial charge < -0.3 is 25.4 Å². The number of halogens is 1. The summed E-state index contributed by atoms with van der Waals surface area (Å²) in [6, 6.07) is 9.85. The highest BCUT2D eigenvalue weighted by Crippen LogP contribution is 2.14. The molecule has 0 saturated carbocycles. The summed E-state index contributed by atoms with van der Waals surface area (Å²) in [6.07, 6.45) is 3.09. The van der Waals surface area contributed by atoms with E-state index in [4.69, 9.17) is 9.47 Å². The fourth-order valence-electron chi connectivity index (χ4n) is 2.89. The zero-order valence-corrected chi connectivity index (χ0v) is 19.7. The Labute approximate surface area is 191 Å².